The van der Waals surface area contributed by atoms with Crippen LogP contribution in [-0.2, 0) is 23.0 Å². The van der Waals surface area contributed by atoms with Crippen LogP contribution in [0.4, 0.5) is 5.69 Å². The minimum Gasteiger partial charge on any atom is -0.408 e. The quantitative estimate of drug-likeness (QED) is 0.452. The van der Waals surface area contributed by atoms with E-state index in [0.717, 1.165) is 24.8 Å². The first kappa shape index (κ1) is 20.5. The first-order chi connectivity index (χ1) is 15.4. The summed E-state index contributed by atoms with van der Waals surface area (Å²) in [5.74, 6) is 0.658. The Morgan fingerprint density at radius 1 is 1.19 bits per heavy atom. The normalized spacial score (nSPS) is 14.5. The van der Waals surface area contributed by atoms with Gasteiger partial charge in [0.2, 0.25) is 5.89 Å². The molecule has 2 aromatic heterocycles. The molecule has 2 heterocycles. The molecule has 10 heteroatoms. The summed E-state index contributed by atoms with van der Waals surface area (Å²) >= 11 is 0. The summed E-state index contributed by atoms with van der Waals surface area (Å²) in [7, 11) is -3.86. The molecule has 0 unspecified atom stereocenters. The minimum atomic E-state index is -3.86. The molecule has 0 radical (unpaired) electrons. The summed E-state index contributed by atoms with van der Waals surface area (Å²) in [6, 6.07) is 11.6. The van der Waals surface area contributed by atoms with Crippen molar-refractivity contribution in [2.45, 2.75) is 50.0 Å². The number of fused-ring (bicyclic) bond motifs is 1. The monoisotopic (exact) mass is 454 g/mol. The van der Waals surface area contributed by atoms with Crippen LogP contribution in [-0.4, -0.2) is 23.1 Å². The second kappa shape index (κ2) is 7.94. The van der Waals surface area contributed by atoms with Gasteiger partial charge in [0.1, 0.15) is 0 Å². The Balaban J connectivity index is 1.43. The zero-order valence-corrected chi connectivity index (χ0v) is 18.3. The maximum absolute atomic E-state index is 12.9. The highest BCUT2D eigenvalue weighted by atomic mass is 32.2. The fourth-order valence-electron chi connectivity index (χ4n) is 3.79. The van der Waals surface area contributed by atoms with E-state index in [1.54, 1.807) is 18.2 Å². The maximum atomic E-state index is 12.9. The maximum Gasteiger partial charge on any atom is 0.420 e. The third kappa shape index (κ3) is 3.70. The number of hydrogen-bond acceptors (Lipinski definition) is 7. The van der Waals surface area contributed by atoms with Crippen molar-refractivity contribution in [1.82, 2.24) is 14.7 Å². The summed E-state index contributed by atoms with van der Waals surface area (Å²) in [6.45, 7) is 2.03. The molecule has 1 saturated carbocycles. The molecule has 0 aliphatic heterocycles. The van der Waals surface area contributed by atoms with E-state index >= 15 is 0 Å². The van der Waals surface area contributed by atoms with Crippen molar-refractivity contribution in [2.75, 3.05) is 4.72 Å². The van der Waals surface area contributed by atoms with Crippen LogP contribution in [0.15, 0.2) is 61.1 Å². The van der Waals surface area contributed by atoms with Crippen molar-refractivity contribution in [2.24, 2.45) is 0 Å². The molecule has 32 heavy (non-hydrogen) atoms. The summed E-state index contributed by atoms with van der Waals surface area (Å²) in [4.78, 5) is 16.8. The Morgan fingerprint density at radius 3 is 2.75 bits per heavy atom. The highest BCUT2D eigenvalue weighted by Gasteiger charge is 2.26. The molecule has 166 valence electrons. The lowest BCUT2D eigenvalue weighted by Crippen LogP contribution is -2.16. The van der Waals surface area contributed by atoms with Crippen molar-refractivity contribution < 1.29 is 17.4 Å². The molecule has 1 aliphatic carbocycles. The van der Waals surface area contributed by atoms with E-state index in [1.807, 2.05) is 19.1 Å². The Labute approximate surface area is 184 Å². The van der Waals surface area contributed by atoms with Gasteiger partial charge in [-0.1, -0.05) is 36.7 Å². The number of aromatic nitrogens is 3. The predicted molar refractivity (Wildman–Crippen MR) is 117 cm³/mol. The number of nitrogens with one attached hydrogen (secondary N) is 1. The lowest BCUT2D eigenvalue weighted by atomic mass is 9.85. The highest BCUT2D eigenvalue weighted by Crippen LogP contribution is 2.35. The van der Waals surface area contributed by atoms with Crippen LogP contribution in [0.5, 0.6) is 0 Å². The van der Waals surface area contributed by atoms with Gasteiger partial charge in [0.15, 0.2) is 11.4 Å². The summed E-state index contributed by atoms with van der Waals surface area (Å²) in [5.41, 5.74) is 2.03. The molecule has 2 aromatic carbocycles. The van der Waals surface area contributed by atoms with Gasteiger partial charge in [0.05, 0.1) is 22.6 Å². The largest absolute Gasteiger partial charge is 0.420 e. The third-order valence-electron chi connectivity index (χ3n) is 5.83. The van der Waals surface area contributed by atoms with Crippen LogP contribution in [0.25, 0.3) is 11.1 Å². The van der Waals surface area contributed by atoms with Gasteiger partial charge in [-0.25, -0.2) is 13.2 Å². The van der Waals surface area contributed by atoms with Crippen molar-refractivity contribution >= 4 is 26.8 Å². The van der Waals surface area contributed by atoms with Crippen LogP contribution in [0.2, 0.25) is 0 Å². The van der Waals surface area contributed by atoms with Crippen LogP contribution in [0.1, 0.15) is 49.4 Å². The highest BCUT2D eigenvalue weighted by molar-refractivity contribution is 7.92. The third-order valence-corrected chi connectivity index (χ3v) is 7.19. The van der Waals surface area contributed by atoms with E-state index in [1.165, 1.54) is 16.7 Å². The molecule has 4 aromatic rings. The van der Waals surface area contributed by atoms with Gasteiger partial charge in [-0.2, -0.15) is 4.98 Å². The van der Waals surface area contributed by atoms with Crippen LogP contribution < -0.4 is 10.5 Å². The second-order valence-corrected chi connectivity index (χ2v) is 9.56. The minimum absolute atomic E-state index is 0.00337. The Bertz CT molecular complexity index is 1450. The van der Waals surface area contributed by atoms with Gasteiger partial charge < -0.3 is 8.94 Å². The summed E-state index contributed by atoms with van der Waals surface area (Å²) in [5, 5.41) is 3.97. The molecule has 0 amide bonds. The smallest absolute Gasteiger partial charge is 0.408 e. The van der Waals surface area contributed by atoms with Gasteiger partial charge >= 0.3 is 5.76 Å². The molecule has 0 spiro atoms. The average Bonchev–Trinajstić information content (AvgIpc) is 3.31. The average molecular weight is 455 g/mol. The summed E-state index contributed by atoms with van der Waals surface area (Å²) < 4.78 is 40.5. The number of hydrogen-bond donors (Lipinski definition) is 1. The van der Waals surface area contributed by atoms with E-state index in [0.29, 0.717) is 35.3 Å². The molecule has 5 rings (SSSR count). The fraction of sp³-hybridized carbons (Fsp3) is 0.318. The van der Waals surface area contributed by atoms with E-state index in [4.69, 9.17) is 8.94 Å². The first-order valence-electron chi connectivity index (χ1n) is 10.5. The van der Waals surface area contributed by atoms with Crippen molar-refractivity contribution in [3.8, 4) is 0 Å². The van der Waals surface area contributed by atoms with Crippen molar-refractivity contribution in [3.63, 3.8) is 0 Å². The Kier molecular flexibility index (Phi) is 5.09. The van der Waals surface area contributed by atoms with Crippen LogP contribution in [0, 0.1) is 0 Å². The van der Waals surface area contributed by atoms with Gasteiger partial charge in [-0.15, -0.1) is 0 Å². The zero-order valence-electron chi connectivity index (χ0n) is 17.4. The Hall–Kier alpha value is -3.40. The molecular weight excluding hydrogens is 432 g/mol. The number of aryl methyl sites for hydroxylation is 1. The summed E-state index contributed by atoms with van der Waals surface area (Å²) in [6.07, 6.45) is 3.90. The Morgan fingerprint density at radius 2 is 2.00 bits per heavy atom. The molecule has 0 bridgehead atoms. The van der Waals surface area contributed by atoms with Crippen molar-refractivity contribution in [1.29, 1.82) is 0 Å². The number of nitrogens with zero attached hydrogens (tertiary/aromatic N) is 3. The number of rotatable bonds is 7. The number of sulfonamides is 1. The van der Waals surface area contributed by atoms with Gasteiger partial charge in [-0.05, 0) is 43.0 Å². The molecular formula is C22H22N4O5S. The van der Waals surface area contributed by atoms with Gasteiger partial charge in [-0.3, -0.25) is 9.29 Å². The van der Waals surface area contributed by atoms with Gasteiger partial charge in [0.25, 0.3) is 10.0 Å². The van der Waals surface area contributed by atoms with E-state index in [-0.39, 0.29) is 17.0 Å². The standard InChI is InChI=1S/C22H22N4O5S/c1-2-14-6-3-4-9-17(14)25-32(28,29)16-10-11-18-19(12-16)30-22(27)26(18)13-20-23-21(31-24-20)15-7-5-8-15/h3-4,6,9-12,15,25H,2,5,7-8,13H2,1H3. The van der Waals surface area contributed by atoms with Gasteiger partial charge in [0, 0.05) is 12.0 Å². The molecule has 1 fully saturated rings. The van der Waals surface area contributed by atoms with E-state index in [2.05, 4.69) is 14.9 Å². The molecule has 0 saturated heterocycles. The first-order valence-corrected chi connectivity index (χ1v) is 12.0. The van der Waals surface area contributed by atoms with Crippen LogP contribution in [0.3, 0.4) is 0 Å². The van der Waals surface area contributed by atoms with Crippen LogP contribution >= 0.6 is 0 Å². The number of para-hydroxylation sites is 1. The topological polar surface area (TPSA) is 120 Å². The molecule has 9 nitrogen and oxygen atoms in total. The predicted octanol–water partition coefficient (Wildman–Crippen LogP) is 3.66. The molecule has 1 N–H and O–H groups in total. The lowest BCUT2D eigenvalue weighted by molar-refractivity contribution is 0.291. The second-order valence-electron chi connectivity index (χ2n) is 7.88. The van der Waals surface area contributed by atoms with Crippen molar-refractivity contribution in [3.05, 3.63) is 70.3 Å². The molecule has 0 atom stereocenters. The number of benzene rings is 2. The van der Waals surface area contributed by atoms with E-state index in [9.17, 15) is 13.2 Å². The number of oxazole rings is 1. The fourth-order valence-corrected chi connectivity index (χ4v) is 4.91. The number of anilines is 1. The SMILES string of the molecule is CCc1ccccc1NS(=O)(=O)c1ccc2c(c1)oc(=O)n2Cc1noc(C2CCC2)n1. The zero-order chi connectivity index (χ0) is 22.3. The van der Waals surface area contributed by atoms with E-state index < -0.39 is 15.8 Å². The lowest BCUT2D eigenvalue weighted by Gasteiger charge is -2.20. The molecule has 1 aliphatic rings.